The Bertz CT molecular complexity index is 641. The van der Waals surface area contributed by atoms with Gasteiger partial charge in [-0.2, -0.15) is 0 Å². The predicted molar refractivity (Wildman–Crippen MR) is 88.6 cm³/mol. The standard InChI is InChI=1S/C16H18ClNO3S/c1-16(20,14-4-3-7-22-14)10-18-15(19)9-11-8-12(17)5-6-13(11)21-2/h3-8,20H,9-10H2,1-2H3,(H,18,19). The molecule has 1 aromatic heterocycles. The molecule has 0 aliphatic carbocycles. The summed E-state index contributed by atoms with van der Waals surface area (Å²) in [7, 11) is 1.55. The summed E-state index contributed by atoms with van der Waals surface area (Å²) in [5.74, 6) is 0.418. The van der Waals surface area contributed by atoms with Crippen molar-refractivity contribution in [2.45, 2.75) is 18.9 Å². The molecule has 1 unspecified atom stereocenters. The molecule has 1 heterocycles. The van der Waals surface area contributed by atoms with Crippen LogP contribution >= 0.6 is 22.9 Å². The number of amides is 1. The Morgan fingerprint density at radius 1 is 1.45 bits per heavy atom. The maximum Gasteiger partial charge on any atom is 0.224 e. The fourth-order valence-electron chi connectivity index (χ4n) is 2.06. The number of benzene rings is 1. The molecule has 0 aliphatic heterocycles. The fourth-order valence-corrected chi connectivity index (χ4v) is 3.05. The number of hydrogen-bond acceptors (Lipinski definition) is 4. The maximum absolute atomic E-state index is 12.1. The second-order valence-electron chi connectivity index (χ2n) is 5.16. The van der Waals surface area contributed by atoms with Gasteiger partial charge in [-0.15, -0.1) is 11.3 Å². The fraction of sp³-hybridized carbons (Fsp3) is 0.312. The first-order valence-corrected chi connectivity index (χ1v) is 8.03. The Morgan fingerprint density at radius 3 is 2.86 bits per heavy atom. The van der Waals surface area contributed by atoms with E-state index in [-0.39, 0.29) is 18.9 Å². The SMILES string of the molecule is COc1ccc(Cl)cc1CC(=O)NCC(C)(O)c1cccs1. The van der Waals surface area contributed by atoms with Crippen LogP contribution in [0.5, 0.6) is 5.75 Å². The summed E-state index contributed by atoms with van der Waals surface area (Å²) in [5.41, 5.74) is -0.370. The van der Waals surface area contributed by atoms with Crippen LogP contribution in [0.15, 0.2) is 35.7 Å². The van der Waals surface area contributed by atoms with Crippen molar-refractivity contribution in [2.75, 3.05) is 13.7 Å². The van der Waals surface area contributed by atoms with E-state index in [1.54, 1.807) is 32.2 Å². The third kappa shape index (κ3) is 4.22. The smallest absolute Gasteiger partial charge is 0.224 e. The van der Waals surface area contributed by atoms with Gasteiger partial charge in [0.15, 0.2) is 0 Å². The largest absolute Gasteiger partial charge is 0.496 e. The number of nitrogens with one attached hydrogen (secondary N) is 1. The molecular weight excluding hydrogens is 322 g/mol. The lowest BCUT2D eigenvalue weighted by Gasteiger charge is -2.22. The van der Waals surface area contributed by atoms with E-state index in [1.165, 1.54) is 11.3 Å². The number of carbonyl (C=O) groups excluding carboxylic acids is 1. The molecule has 1 atom stereocenters. The van der Waals surface area contributed by atoms with Crippen LogP contribution in [-0.4, -0.2) is 24.7 Å². The third-order valence-electron chi connectivity index (χ3n) is 3.28. The van der Waals surface area contributed by atoms with E-state index in [0.717, 1.165) is 4.88 Å². The molecule has 0 saturated heterocycles. The molecule has 1 aromatic carbocycles. The zero-order valence-corrected chi connectivity index (χ0v) is 14.0. The van der Waals surface area contributed by atoms with E-state index in [4.69, 9.17) is 16.3 Å². The number of carbonyl (C=O) groups is 1. The lowest BCUT2D eigenvalue weighted by atomic mass is 10.0. The summed E-state index contributed by atoms with van der Waals surface area (Å²) in [6, 6.07) is 8.86. The van der Waals surface area contributed by atoms with E-state index < -0.39 is 5.60 Å². The van der Waals surface area contributed by atoms with Gasteiger partial charge in [0.1, 0.15) is 11.4 Å². The summed E-state index contributed by atoms with van der Waals surface area (Å²) in [6.45, 7) is 1.83. The van der Waals surface area contributed by atoms with Crippen molar-refractivity contribution in [1.29, 1.82) is 0 Å². The van der Waals surface area contributed by atoms with Crippen molar-refractivity contribution in [3.05, 3.63) is 51.2 Å². The highest BCUT2D eigenvalue weighted by Crippen LogP contribution is 2.25. The molecule has 2 N–H and O–H groups in total. The third-order valence-corrected chi connectivity index (χ3v) is 4.63. The molecule has 0 radical (unpaired) electrons. The van der Waals surface area contributed by atoms with Gasteiger partial charge in [-0.3, -0.25) is 4.79 Å². The van der Waals surface area contributed by atoms with Crippen molar-refractivity contribution in [2.24, 2.45) is 0 Å². The van der Waals surface area contributed by atoms with Crippen molar-refractivity contribution in [1.82, 2.24) is 5.32 Å². The molecule has 1 amide bonds. The Labute approximate surface area is 138 Å². The lowest BCUT2D eigenvalue weighted by Crippen LogP contribution is -2.38. The first-order chi connectivity index (χ1) is 10.4. The number of methoxy groups -OCH3 is 1. The van der Waals surface area contributed by atoms with Gasteiger partial charge in [-0.1, -0.05) is 17.7 Å². The second kappa shape index (κ2) is 7.13. The summed E-state index contributed by atoms with van der Waals surface area (Å²) in [4.78, 5) is 12.9. The highest BCUT2D eigenvalue weighted by atomic mass is 35.5. The number of thiophene rings is 1. The van der Waals surface area contributed by atoms with Gasteiger partial charge in [0.2, 0.25) is 5.91 Å². The van der Waals surface area contributed by atoms with Gasteiger partial charge < -0.3 is 15.2 Å². The van der Waals surface area contributed by atoms with Crippen LogP contribution < -0.4 is 10.1 Å². The lowest BCUT2D eigenvalue weighted by molar-refractivity contribution is -0.121. The van der Waals surface area contributed by atoms with Crippen molar-refractivity contribution < 1.29 is 14.6 Å². The van der Waals surface area contributed by atoms with Crippen molar-refractivity contribution >= 4 is 28.8 Å². The molecule has 6 heteroatoms. The molecule has 0 fully saturated rings. The number of rotatable bonds is 6. The topological polar surface area (TPSA) is 58.6 Å². The Kier molecular flexibility index (Phi) is 5.45. The molecule has 118 valence electrons. The normalized spacial score (nSPS) is 13.5. The second-order valence-corrected chi connectivity index (χ2v) is 6.54. The average Bonchev–Trinajstić information content (AvgIpc) is 3.01. The van der Waals surface area contributed by atoms with Gasteiger partial charge >= 0.3 is 0 Å². The van der Waals surface area contributed by atoms with Gasteiger partial charge in [0.05, 0.1) is 20.1 Å². The van der Waals surface area contributed by atoms with E-state index >= 15 is 0 Å². The Hall–Kier alpha value is -1.56. The highest BCUT2D eigenvalue weighted by molar-refractivity contribution is 7.10. The van der Waals surface area contributed by atoms with Gasteiger partial charge in [-0.05, 0) is 36.6 Å². The number of halogens is 1. The summed E-state index contributed by atoms with van der Waals surface area (Å²) >= 11 is 7.40. The minimum absolute atomic E-state index is 0.143. The number of aliphatic hydroxyl groups is 1. The van der Waals surface area contributed by atoms with Crippen LogP contribution in [0.3, 0.4) is 0 Å². The van der Waals surface area contributed by atoms with Crippen LogP contribution in [-0.2, 0) is 16.8 Å². The van der Waals surface area contributed by atoms with Crippen LogP contribution in [0.25, 0.3) is 0 Å². The van der Waals surface area contributed by atoms with Crippen LogP contribution in [0, 0.1) is 0 Å². The molecule has 2 rings (SSSR count). The molecule has 0 saturated carbocycles. The number of hydrogen-bond donors (Lipinski definition) is 2. The zero-order chi connectivity index (χ0) is 16.2. The van der Waals surface area contributed by atoms with E-state index in [2.05, 4.69) is 5.32 Å². The van der Waals surface area contributed by atoms with Gasteiger partial charge in [-0.25, -0.2) is 0 Å². The highest BCUT2D eigenvalue weighted by Gasteiger charge is 2.25. The minimum atomic E-state index is -1.08. The van der Waals surface area contributed by atoms with Gasteiger partial charge in [0.25, 0.3) is 0 Å². The summed E-state index contributed by atoms with van der Waals surface area (Å²) in [5, 5.41) is 15.6. The molecule has 0 aliphatic rings. The van der Waals surface area contributed by atoms with Crippen LogP contribution in [0.4, 0.5) is 0 Å². The average molecular weight is 340 g/mol. The molecule has 0 spiro atoms. The molecule has 2 aromatic rings. The van der Waals surface area contributed by atoms with E-state index in [1.807, 2.05) is 17.5 Å². The molecule has 4 nitrogen and oxygen atoms in total. The zero-order valence-electron chi connectivity index (χ0n) is 12.4. The molecule has 22 heavy (non-hydrogen) atoms. The monoisotopic (exact) mass is 339 g/mol. The maximum atomic E-state index is 12.1. The Morgan fingerprint density at radius 2 is 2.23 bits per heavy atom. The predicted octanol–water partition coefficient (Wildman–Crippen LogP) is 2.98. The quantitative estimate of drug-likeness (QED) is 0.850. The summed E-state index contributed by atoms with van der Waals surface area (Å²) < 4.78 is 5.22. The van der Waals surface area contributed by atoms with Gasteiger partial charge in [0, 0.05) is 15.5 Å². The van der Waals surface area contributed by atoms with Crippen molar-refractivity contribution in [3.63, 3.8) is 0 Å². The summed E-state index contributed by atoms with van der Waals surface area (Å²) in [6.07, 6.45) is 0.143. The van der Waals surface area contributed by atoms with E-state index in [0.29, 0.717) is 16.3 Å². The van der Waals surface area contributed by atoms with Crippen LogP contribution in [0.1, 0.15) is 17.4 Å². The minimum Gasteiger partial charge on any atom is -0.496 e. The van der Waals surface area contributed by atoms with Crippen LogP contribution in [0.2, 0.25) is 5.02 Å². The van der Waals surface area contributed by atoms with E-state index in [9.17, 15) is 9.90 Å². The number of ether oxygens (including phenoxy) is 1. The first-order valence-electron chi connectivity index (χ1n) is 6.78. The first kappa shape index (κ1) is 16.8. The molecule has 0 bridgehead atoms. The molecular formula is C16H18ClNO3S. The Balaban J connectivity index is 1.98. The van der Waals surface area contributed by atoms with Crippen molar-refractivity contribution in [3.8, 4) is 5.75 Å².